The van der Waals surface area contributed by atoms with Crippen molar-refractivity contribution in [3.05, 3.63) is 52.3 Å². The van der Waals surface area contributed by atoms with Gasteiger partial charge >= 0.3 is 0 Å². The number of carbonyl (C=O) groups is 1. The van der Waals surface area contributed by atoms with E-state index in [0.717, 1.165) is 0 Å². The van der Waals surface area contributed by atoms with Gasteiger partial charge < -0.3 is 4.42 Å². The molecule has 0 saturated heterocycles. The first-order valence-electron chi connectivity index (χ1n) is 5.71. The minimum absolute atomic E-state index is 0.0350. The zero-order valence-corrected chi connectivity index (χ0v) is 10.6. The quantitative estimate of drug-likeness (QED) is 0.525. The molecule has 20 heavy (non-hydrogen) atoms. The third kappa shape index (κ3) is 3.08. The number of hydrogen-bond donors (Lipinski definition) is 1. The van der Waals surface area contributed by atoms with Crippen molar-refractivity contribution in [2.75, 3.05) is 0 Å². The Morgan fingerprint density at radius 2 is 2.10 bits per heavy atom. The van der Waals surface area contributed by atoms with Crippen molar-refractivity contribution >= 4 is 17.8 Å². The van der Waals surface area contributed by atoms with Crippen LogP contribution in [0.3, 0.4) is 0 Å². The molecular formula is C13H11N3O4. The van der Waals surface area contributed by atoms with Crippen LogP contribution in [0.4, 0.5) is 5.69 Å². The SMILES string of the molecule is CC(=O)N/N=C/c1ccc(-c2ccccc2[N+](=O)[O-])o1. The monoisotopic (exact) mass is 273 g/mol. The van der Waals surface area contributed by atoms with Gasteiger partial charge in [0.25, 0.3) is 5.69 Å². The maximum Gasteiger partial charge on any atom is 0.280 e. The number of benzene rings is 1. The molecule has 0 aliphatic carbocycles. The van der Waals surface area contributed by atoms with Gasteiger partial charge in [0.15, 0.2) is 0 Å². The molecule has 7 nitrogen and oxygen atoms in total. The molecule has 0 atom stereocenters. The van der Waals surface area contributed by atoms with E-state index in [1.807, 2.05) is 0 Å². The van der Waals surface area contributed by atoms with Gasteiger partial charge in [0.2, 0.25) is 5.91 Å². The van der Waals surface area contributed by atoms with Crippen molar-refractivity contribution < 1.29 is 14.1 Å². The van der Waals surface area contributed by atoms with Crippen LogP contribution in [0.5, 0.6) is 0 Å². The number of nitro groups is 1. The summed E-state index contributed by atoms with van der Waals surface area (Å²) in [6.07, 6.45) is 1.32. The Morgan fingerprint density at radius 3 is 2.80 bits per heavy atom. The maximum absolute atomic E-state index is 10.9. The normalized spacial score (nSPS) is 10.7. The molecule has 0 aliphatic rings. The van der Waals surface area contributed by atoms with Crippen molar-refractivity contribution in [3.63, 3.8) is 0 Å². The lowest BCUT2D eigenvalue weighted by atomic mass is 10.1. The number of rotatable bonds is 4. The molecule has 0 aliphatic heterocycles. The average molecular weight is 273 g/mol. The molecule has 1 aromatic carbocycles. The molecule has 102 valence electrons. The van der Waals surface area contributed by atoms with Crippen LogP contribution >= 0.6 is 0 Å². The Labute approximate surface area is 114 Å². The molecular weight excluding hydrogens is 262 g/mol. The summed E-state index contributed by atoms with van der Waals surface area (Å²) < 4.78 is 5.44. The topological polar surface area (TPSA) is 97.7 Å². The molecule has 0 spiro atoms. The first-order valence-corrected chi connectivity index (χ1v) is 5.71. The number of furan rings is 1. The Morgan fingerprint density at radius 1 is 1.35 bits per heavy atom. The van der Waals surface area contributed by atoms with E-state index in [0.29, 0.717) is 17.1 Å². The van der Waals surface area contributed by atoms with Crippen molar-refractivity contribution in [2.45, 2.75) is 6.92 Å². The smallest absolute Gasteiger partial charge is 0.280 e. The van der Waals surface area contributed by atoms with Gasteiger partial charge in [0, 0.05) is 13.0 Å². The number of nitrogens with one attached hydrogen (secondary N) is 1. The summed E-state index contributed by atoms with van der Waals surface area (Å²) in [5.41, 5.74) is 2.59. The second kappa shape index (κ2) is 5.79. The fourth-order valence-corrected chi connectivity index (χ4v) is 1.59. The van der Waals surface area contributed by atoms with Gasteiger partial charge in [-0.1, -0.05) is 12.1 Å². The lowest BCUT2D eigenvalue weighted by Crippen LogP contribution is -2.12. The zero-order valence-electron chi connectivity index (χ0n) is 10.6. The van der Waals surface area contributed by atoms with E-state index >= 15 is 0 Å². The zero-order chi connectivity index (χ0) is 14.5. The summed E-state index contributed by atoms with van der Waals surface area (Å²) in [5, 5.41) is 14.6. The minimum atomic E-state index is -0.469. The molecule has 0 unspecified atom stereocenters. The van der Waals surface area contributed by atoms with E-state index in [9.17, 15) is 14.9 Å². The summed E-state index contributed by atoms with van der Waals surface area (Å²) in [5.74, 6) is 0.445. The Hall–Kier alpha value is -2.96. The van der Waals surface area contributed by atoms with E-state index in [2.05, 4.69) is 10.5 Å². The van der Waals surface area contributed by atoms with Gasteiger partial charge in [-0.25, -0.2) is 5.43 Å². The number of para-hydroxylation sites is 1. The lowest BCUT2D eigenvalue weighted by molar-refractivity contribution is -0.384. The largest absolute Gasteiger partial charge is 0.455 e. The molecule has 1 aromatic heterocycles. The molecule has 0 bridgehead atoms. The second-order valence-electron chi connectivity index (χ2n) is 3.90. The molecule has 1 N–H and O–H groups in total. The molecule has 2 aromatic rings. The fraction of sp³-hybridized carbons (Fsp3) is 0.0769. The predicted octanol–water partition coefficient (Wildman–Crippen LogP) is 2.32. The van der Waals surface area contributed by atoms with Gasteiger partial charge in [-0.2, -0.15) is 5.10 Å². The van der Waals surface area contributed by atoms with Crippen LogP contribution in [0.15, 0.2) is 45.9 Å². The molecule has 0 fully saturated rings. The van der Waals surface area contributed by atoms with Crippen molar-refractivity contribution in [1.29, 1.82) is 0 Å². The number of hydrogen-bond acceptors (Lipinski definition) is 5. The summed E-state index contributed by atoms with van der Waals surface area (Å²) >= 11 is 0. The van der Waals surface area contributed by atoms with Crippen LogP contribution in [-0.2, 0) is 4.79 Å². The first kappa shape index (κ1) is 13.5. The molecule has 0 radical (unpaired) electrons. The number of nitro benzene ring substituents is 1. The number of amides is 1. The van der Waals surface area contributed by atoms with Gasteiger partial charge in [0.05, 0.1) is 16.7 Å². The minimum Gasteiger partial charge on any atom is -0.455 e. The first-order chi connectivity index (χ1) is 9.58. The van der Waals surface area contributed by atoms with Crippen LogP contribution in [0, 0.1) is 10.1 Å². The fourth-order valence-electron chi connectivity index (χ4n) is 1.59. The average Bonchev–Trinajstić information content (AvgIpc) is 2.87. The molecule has 1 heterocycles. The highest BCUT2D eigenvalue weighted by Crippen LogP contribution is 2.30. The van der Waals surface area contributed by atoms with E-state index in [1.54, 1.807) is 30.3 Å². The van der Waals surface area contributed by atoms with Crippen LogP contribution in [0.2, 0.25) is 0 Å². The van der Waals surface area contributed by atoms with Crippen molar-refractivity contribution in [2.24, 2.45) is 5.10 Å². The Kier molecular flexibility index (Phi) is 3.90. The third-order valence-corrected chi connectivity index (χ3v) is 2.41. The highest BCUT2D eigenvalue weighted by Gasteiger charge is 2.16. The standard InChI is InChI=1S/C13H11N3O4/c1-9(17)15-14-8-10-6-7-13(20-10)11-4-2-3-5-12(11)16(18)19/h2-8H,1H3,(H,15,17)/b14-8+. The molecule has 7 heteroatoms. The lowest BCUT2D eigenvalue weighted by Gasteiger charge is -1.98. The van der Waals surface area contributed by atoms with Crippen molar-refractivity contribution in [1.82, 2.24) is 5.43 Å². The molecule has 0 saturated carbocycles. The molecule has 2 rings (SSSR count). The molecule has 1 amide bonds. The van der Waals surface area contributed by atoms with Gasteiger partial charge in [-0.15, -0.1) is 0 Å². The number of carbonyl (C=O) groups excluding carboxylic acids is 1. The van der Waals surface area contributed by atoms with E-state index in [4.69, 9.17) is 4.42 Å². The van der Waals surface area contributed by atoms with Crippen LogP contribution in [0.25, 0.3) is 11.3 Å². The van der Waals surface area contributed by atoms with E-state index in [-0.39, 0.29) is 11.6 Å². The summed E-state index contributed by atoms with van der Waals surface area (Å²) in [6.45, 7) is 1.33. The van der Waals surface area contributed by atoms with Crippen LogP contribution in [0.1, 0.15) is 12.7 Å². The highest BCUT2D eigenvalue weighted by molar-refractivity contribution is 5.80. The number of nitrogens with zero attached hydrogens (tertiary/aromatic N) is 2. The van der Waals surface area contributed by atoms with Crippen molar-refractivity contribution in [3.8, 4) is 11.3 Å². The Balaban J connectivity index is 2.27. The summed E-state index contributed by atoms with van der Waals surface area (Å²) in [7, 11) is 0. The van der Waals surface area contributed by atoms with Gasteiger partial charge in [-0.05, 0) is 18.2 Å². The summed E-state index contributed by atoms with van der Waals surface area (Å²) in [6, 6.07) is 9.50. The summed E-state index contributed by atoms with van der Waals surface area (Å²) in [4.78, 5) is 21.1. The van der Waals surface area contributed by atoms with Gasteiger partial charge in [-0.3, -0.25) is 14.9 Å². The maximum atomic E-state index is 10.9. The van der Waals surface area contributed by atoms with Gasteiger partial charge in [0.1, 0.15) is 11.5 Å². The third-order valence-electron chi connectivity index (χ3n) is 2.41. The van der Waals surface area contributed by atoms with E-state index < -0.39 is 4.92 Å². The Bertz CT molecular complexity index is 676. The van der Waals surface area contributed by atoms with Crippen LogP contribution in [-0.4, -0.2) is 17.0 Å². The second-order valence-corrected chi connectivity index (χ2v) is 3.90. The van der Waals surface area contributed by atoms with Crippen LogP contribution < -0.4 is 5.43 Å². The highest BCUT2D eigenvalue weighted by atomic mass is 16.6. The predicted molar refractivity (Wildman–Crippen MR) is 72.2 cm³/mol. The number of hydrazone groups is 1. The van der Waals surface area contributed by atoms with E-state index in [1.165, 1.54) is 19.2 Å².